The topological polar surface area (TPSA) is 17.1 Å². The summed E-state index contributed by atoms with van der Waals surface area (Å²) in [5, 5.41) is 4.41. The maximum atomic E-state index is 12.6. The van der Waals surface area contributed by atoms with Crippen molar-refractivity contribution in [1.82, 2.24) is 0 Å². The van der Waals surface area contributed by atoms with E-state index >= 15 is 0 Å². The van der Waals surface area contributed by atoms with Gasteiger partial charge in [0.2, 0.25) is 0 Å². The lowest BCUT2D eigenvalue weighted by Crippen LogP contribution is -2.02. The highest BCUT2D eigenvalue weighted by Crippen LogP contribution is 2.29. The van der Waals surface area contributed by atoms with Gasteiger partial charge in [-0.1, -0.05) is 48.5 Å². The molecular weight excluding hydrogens is 264 g/mol. The van der Waals surface area contributed by atoms with Crippen LogP contribution in [0.5, 0.6) is 0 Å². The van der Waals surface area contributed by atoms with Crippen LogP contribution < -0.4 is 0 Å². The first kappa shape index (κ1) is 13.2. The Morgan fingerprint density at radius 3 is 2.05 bits per heavy atom. The minimum Gasteiger partial charge on any atom is -0.294 e. The predicted molar refractivity (Wildman–Crippen MR) is 88.8 cm³/mol. The van der Waals surface area contributed by atoms with E-state index < -0.39 is 0 Å². The van der Waals surface area contributed by atoms with Gasteiger partial charge in [-0.3, -0.25) is 4.79 Å². The number of thioether (sulfide) groups is 1. The van der Waals surface area contributed by atoms with E-state index in [1.165, 1.54) is 0 Å². The molecule has 20 heavy (non-hydrogen) atoms. The molecule has 0 aliphatic rings. The van der Waals surface area contributed by atoms with Gasteiger partial charge in [0, 0.05) is 17.7 Å². The maximum Gasteiger partial charge on any atom is 0.164 e. The number of ketones is 1. The molecular formula is C18H16OS. The van der Waals surface area contributed by atoms with Gasteiger partial charge in [0.1, 0.15) is 0 Å². The molecule has 3 aromatic rings. The fourth-order valence-corrected chi connectivity index (χ4v) is 3.02. The van der Waals surface area contributed by atoms with Crippen molar-refractivity contribution in [2.75, 3.05) is 12.0 Å². The van der Waals surface area contributed by atoms with Crippen LogP contribution in [0.4, 0.5) is 0 Å². The smallest absolute Gasteiger partial charge is 0.164 e. The van der Waals surface area contributed by atoms with Crippen LogP contribution in [0.25, 0.3) is 21.5 Å². The molecule has 3 aromatic carbocycles. The van der Waals surface area contributed by atoms with Gasteiger partial charge in [-0.25, -0.2) is 0 Å². The minimum absolute atomic E-state index is 0.243. The zero-order valence-electron chi connectivity index (χ0n) is 11.4. The maximum absolute atomic E-state index is 12.6. The van der Waals surface area contributed by atoms with Crippen LogP contribution in [0.2, 0.25) is 0 Å². The van der Waals surface area contributed by atoms with Gasteiger partial charge in [0.05, 0.1) is 0 Å². The number of hydrogen-bond donors (Lipinski definition) is 0. The Labute approximate surface area is 123 Å². The monoisotopic (exact) mass is 280 g/mol. The van der Waals surface area contributed by atoms with Gasteiger partial charge in [0.15, 0.2) is 5.78 Å². The second-order valence-electron chi connectivity index (χ2n) is 4.86. The van der Waals surface area contributed by atoms with Crippen LogP contribution in [0.1, 0.15) is 16.8 Å². The average molecular weight is 280 g/mol. The number of carbonyl (C=O) groups is 1. The van der Waals surface area contributed by atoms with Crippen LogP contribution in [0.15, 0.2) is 54.6 Å². The lowest BCUT2D eigenvalue weighted by atomic mass is 9.93. The van der Waals surface area contributed by atoms with Crippen molar-refractivity contribution < 1.29 is 4.79 Å². The summed E-state index contributed by atoms with van der Waals surface area (Å²) in [7, 11) is 0. The van der Waals surface area contributed by atoms with Crippen molar-refractivity contribution in [3.05, 3.63) is 60.2 Å². The van der Waals surface area contributed by atoms with Crippen molar-refractivity contribution in [3.8, 4) is 0 Å². The Morgan fingerprint density at radius 1 is 0.950 bits per heavy atom. The summed E-state index contributed by atoms with van der Waals surface area (Å²) >= 11 is 1.71. The van der Waals surface area contributed by atoms with E-state index in [-0.39, 0.29) is 5.78 Å². The number of benzene rings is 3. The van der Waals surface area contributed by atoms with E-state index in [1.54, 1.807) is 11.8 Å². The number of rotatable bonds is 4. The fourth-order valence-electron chi connectivity index (χ4n) is 2.63. The van der Waals surface area contributed by atoms with Gasteiger partial charge >= 0.3 is 0 Å². The van der Waals surface area contributed by atoms with Crippen LogP contribution >= 0.6 is 11.8 Å². The summed E-state index contributed by atoms with van der Waals surface area (Å²) < 4.78 is 0. The van der Waals surface area contributed by atoms with Crippen LogP contribution in [0, 0.1) is 0 Å². The van der Waals surface area contributed by atoms with Crippen molar-refractivity contribution >= 4 is 39.1 Å². The molecule has 100 valence electrons. The summed E-state index contributed by atoms with van der Waals surface area (Å²) in [6, 6.07) is 18.5. The number of carbonyl (C=O) groups excluding carboxylic acids is 1. The van der Waals surface area contributed by atoms with E-state index in [2.05, 4.69) is 18.2 Å². The standard InChI is InChI=1S/C18H16OS/c1-20-11-10-17(19)18-15-8-4-2-6-13(15)12-14-7-3-5-9-16(14)18/h2-9,12H,10-11H2,1H3. The summed E-state index contributed by atoms with van der Waals surface area (Å²) in [5.74, 6) is 1.11. The third-order valence-corrected chi connectivity index (χ3v) is 4.20. The average Bonchev–Trinajstić information content (AvgIpc) is 2.50. The fraction of sp³-hybridized carbons (Fsp3) is 0.167. The molecule has 0 fully saturated rings. The first-order valence-corrected chi connectivity index (χ1v) is 8.13. The van der Waals surface area contributed by atoms with Gasteiger partial charge in [-0.15, -0.1) is 0 Å². The molecule has 0 spiro atoms. The predicted octanol–water partition coefficient (Wildman–Crippen LogP) is 4.93. The van der Waals surface area contributed by atoms with Gasteiger partial charge in [-0.2, -0.15) is 11.8 Å². The molecule has 0 heterocycles. The lowest BCUT2D eigenvalue weighted by molar-refractivity contribution is 0.0992. The van der Waals surface area contributed by atoms with E-state index in [0.717, 1.165) is 32.9 Å². The molecule has 0 aromatic heterocycles. The molecule has 0 aliphatic heterocycles. The summed E-state index contributed by atoms with van der Waals surface area (Å²) in [6.45, 7) is 0. The van der Waals surface area contributed by atoms with Crippen LogP contribution in [-0.4, -0.2) is 17.8 Å². The highest BCUT2D eigenvalue weighted by molar-refractivity contribution is 7.98. The largest absolute Gasteiger partial charge is 0.294 e. The van der Waals surface area contributed by atoms with E-state index in [9.17, 15) is 4.79 Å². The zero-order valence-corrected chi connectivity index (χ0v) is 12.2. The molecule has 0 atom stereocenters. The third-order valence-electron chi connectivity index (χ3n) is 3.58. The van der Waals surface area contributed by atoms with Crippen LogP contribution in [0.3, 0.4) is 0 Å². The van der Waals surface area contributed by atoms with E-state index in [0.29, 0.717) is 6.42 Å². The quantitative estimate of drug-likeness (QED) is 0.498. The van der Waals surface area contributed by atoms with Crippen molar-refractivity contribution in [2.24, 2.45) is 0 Å². The van der Waals surface area contributed by atoms with E-state index in [4.69, 9.17) is 0 Å². The number of Topliss-reactive ketones (excluding diaryl/α,β-unsaturated/α-hetero) is 1. The molecule has 3 rings (SSSR count). The highest BCUT2D eigenvalue weighted by Gasteiger charge is 2.14. The summed E-state index contributed by atoms with van der Waals surface area (Å²) in [6.07, 6.45) is 2.63. The highest BCUT2D eigenvalue weighted by atomic mass is 32.2. The molecule has 0 unspecified atom stereocenters. The van der Waals surface area contributed by atoms with Crippen molar-refractivity contribution in [3.63, 3.8) is 0 Å². The second-order valence-corrected chi connectivity index (χ2v) is 5.85. The van der Waals surface area contributed by atoms with Crippen molar-refractivity contribution in [2.45, 2.75) is 6.42 Å². The molecule has 0 N–H and O–H groups in total. The Bertz CT molecular complexity index is 723. The number of fused-ring (bicyclic) bond motifs is 2. The Morgan fingerprint density at radius 2 is 1.50 bits per heavy atom. The van der Waals surface area contributed by atoms with E-state index in [1.807, 2.05) is 42.7 Å². The summed E-state index contributed by atoms with van der Waals surface area (Å²) in [4.78, 5) is 12.6. The van der Waals surface area contributed by atoms with Crippen LogP contribution in [-0.2, 0) is 0 Å². The second kappa shape index (κ2) is 5.68. The molecule has 0 saturated heterocycles. The van der Waals surface area contributed by atoms with Gasteiger partial charge in [-0.05, 0) is 33.9 Å². The van der Waals surface area contributed by atoms with Gasteiger partial charge < -0.3 is 0 Å². The molecule has 0 bridgehead atoms. The minimum atomic E-state index is 0.243. The Hall–Kier alpha value is -1.80. The number of hydrogen-bond acceptors (Lipinski definition) is 2. The van der Waals surface area contributed by atoms with Gasteiger partial charge in [0.25, 0.3) is 0 Å². The molecule has 0 aliphatic carbocycles. The normalized spacial score (nSPS) is 11.1. The first-order valence-electron chi connectivity index (χ1n) is 6.74. The molecule has 1 nitrogen and oxygen atoms in total. The summed E-state index contributed by atoms with van der Waals surface area (Å²) in [5.41, 5.74) is 0.882. The first-order chi connectivity index (χ1) is 9.81. The molecule has 0 radical (unpaired) electrons. The molecule has 2 heteroatoms. The molecule has 0 saturated carbocycles. The van der Waals surface area contributed by atoms with Crippen molar-refractivity contribution in [1.29, 1.82) is 0 Å². The third kappa shape index (κ3) is 2.32. The Balaban J connectivity index is 2.30. The zero-order chi connectivity index (χ0) is 13.9. The SMILES string of the molecule is CSCCC(=O)c1c2ccccc2cc2ccccc12. The lowest BCUT2D eigenvalue weighted by Gasteiger charge is -2.10. The molecule has 0 amide bonds. The Kier molecular flexibility index (Phi) is 3.75.